The van der Waals surface area contributed by atoms with E-state index in [0.717, 1.165) is 55.9 Å². The molecule has 3 aromatic rings. The van der Waals surface area contributed by atoms with E-state index in [4.69, 9.17) is 19.8 Å². The Balaban J connectivity index is 1.74. The van der Waals surface area contributed by atoms with Crippen molar-refractivity contribution in [1.82, 2.24) is 14.6 Å². The number of hydrogen-bond acceptors (Lipinski definition) is 8. The van der Waals surface area contributed by atoms with Gasteiger partial charge < -0.3 is 19.9 Å². The quantitative estimate of drug-likeness (QED) is 0.137. The van der Waals surface area contributed by atoms with Gasteiger partial charge in [-0.2, -0.15) is 4.68 Å². The van der Waals surface area contributed by atoms with Crippen molar-refractivity contribution >= 4 is 34.5 Å². The molecule has 10 heteroatoms. The number of nitrogens with one attached hydrogen (secondary N) is 1. The number of amidine groups is 1. The molecule has 0 spiro atoms. The average molecular weight is 670 g/mol. The van der Waals surface area contributed by atoms with Crippen molar-refractivity contribution in [3.8, 4) is 17.0 Å². The second-order valence-corrected chi connectivity index (χ2v) is 12.5. The number of amides is 1. The van der Waals surface area contributed by atoms with E-state index in [1.54, 1.807) is 6.92 Å². The first kappa shape index (κ1) is 37.4. The van der Waals surface area contributed by atoms with E-state index in [1.165, 1.54) is 43.7 Å². The minimum Gasteiger partial charge on any atom is -0.494 e. The zero-order chi connectivity index (χ0) is 35.3. The number of carbonyl (C=O) groups is 1. The lowest BCUT2D eigenvalue weighted by Crippen LogP contribution is -2.36. The summed E-state index contributed by atoms with van der Waals surface area (Å²) in [6, 6.07) is 13.7. The summed E-state index contributed by atoms with van der Waals surface area (Å²) in [5, 5.41) is 7.80. The summed E-state index contributed by atoms with van der Waals surface area (Å²) < 4.78 is 7.39. The standard InChI is InChI=1S/C39H55N7O3/c1-8-13-15-16-17-18-26-49-32-22-19-30(20-23-32)35-28(6)39(48)46-37(42-35)36(38(43-46)45(12-5)25-14-9-2)41-33-24-21-31(44(10-3)11-4)27-34(33)40-29(7)47/h19-24,27H,8-18,25-26H2,1-7H3,(H,40,47). The number of anilines is 2. The number of unbranched alkanes of at least 4 members (excludes halogenated alkanes) is 6. The SMILES string of the molecule is CCCCCCCCOc1ccc(-c2nc3n(c(=O)c2C)N=C(N(CC)CCCC)C3=Nc2ccc(N(CC)CC)cc2NC(C)=O)cc1. The molecule has 2 heterocycles. The van der Waals surface area contributed by atoms with Crippen LogP contribution < -0.4 is 20.5 Å². The van der Waals surface area contributed by atoms with E-state index in [-0.39, 0.29) is 11.5 Å². The van der Waals surface area contributed by atoms with Gasteiger partial charge in [0, 0.05) is 49.9 Å². The summed E-state index contributed by atoms with van der Waals surface area (Å²) >= 11 is 0. The van der Waals surface area contributed by atoms with Crippen molar-refractivity contribution in [1.29, 1.82) is 0 Å². The van der Waals surface area contributed by atoms with Crippen LogP contribution in [0.3, 0.4) is 0 Å². The number of ether oxygens (including phenoxy) is 1. The van der Waals surface area contributed by atoms with Crippen molar-refractivity contribution in [2.75, 3.05) is 43.0 Å². The topological polar surface area (TPSA) is 104 Å². The monoisotopic (exact) mass is 669 g/mol. The summed E-state index contributed by atoms with van der Waals surface area (Å²) in [4.78, 5) is 40.8. The Kier molecular flexibility index (Phi) is 14.0. The third-order valence-corrected chi connectivity index (χ3v) is 8.91. The third-order valence-electron chi connectivity index (χ3n) is 8.91. The van der Waals surface area contributed by atoms with Gasteiger partial charge in [-0.15, -0.1) is 5.10 Å². The minimum atomic E-state index is -0.239. The molecule has 0 radical (unpaired) electrons. The van der Waals surface area contributed by atoms with E-state index >= 15 is 0 Å². The second-order valence-electron chi connectivity index (χ2n) is 12.5. The number of benzene rings is 2. The normalized spacial score (nSPS) is 13.0. The maximum absolute atomic E-state index is 13.9. The largest absolute Gasteiger partial charge is 0.494 e. The van der Waals surface area contributed by atoms with Gasteiger partial charge in [-0.1, -0.05) is 52.4 Å². The van der Waals surface area contributed by atoms with Gasteiger partial charge in [0.25, 0.3) is 5.56 Å². The molecule has 264 valence electrons. The fourth-order valence-corrected chi connectivity index (χ4v) is 6.04. The molecule has 0 saturated carbocycles. The van der Waals surface area contributed by atoms with E-state index in [2.05, 4.69) is 49.7 Å². The van der Waals surface area contributed by atoms with Crippen molar-refractivity contribution < 1.29 is 9.53 Å². The van der Waals surface area contributed by atoms with Gasteiger partial charge in [0.1, 0.15) is 5.75 Å². The van der Waals surface area contributed by atoms with E-state index < -0.39 is 0 Å². The molecule has 10 nitrogen and oxygen atoms in total. The molecule has 1 aromatic heterocycles. The van der Waals surface area contributed by atoms with Gasteiger partial charge in [0.05, 0.1) is 23.7 Å². The average Bonchev–Trinajstić information content (AvgIpc) is 3.45. The molecule has 4 rings (SSSR count). The fraction of sp³-hybridized carbons (Fsp3) is 0.513. The highest BCUT2D eigenvalue weighted by Crippen LogP contribution is 2.32. The van der Waals surface area contributed by atoms with Crippen LogP contribution in [0, 0.1) is 6.92 Å². The Morgan fingerprint density at radius 2 is 1.55 bits per heavy atom. The predicted octanol–water partition coefficient (Wildman–Crippen LogP) is 8.18. The first-order valence-corrected chi connectivity index (χ1v) is 18.2. The zero-order valence-corrected chi connectivity index (χ0v) is 30.6. The number of aromatic nitrogens is 2. The summed E-state index contributed by atoms with van der Waals surface area (Å²) in [5.41, 5.74) is 4.31. The lowest BCUT2D eigenvalue weighted by atomic mass is 10.1. The molecule has 0 atom stereocenters. The Hall–Kier alpha value is -4.47. The van der Waals surface area contributed by atoms with Gasteiger partial charge in [-0.3, -0.25) is 9.59 Å². The number of hydrogen-bond donors (Lipinski definition) is 1. The molecule has 0 unspecified atom stereocenters. The van der Waals surface area contributed by atoms with Crippen molar-refractivity contribution in [2.24, 2.45) is 10.1 Å². The lowest BCUT2D eigenvalue weighted by molar-refractivity contribution is -0.114. The molecule has 0 fully saturated rings. The van der Waals surface area contributed by atoms with Gasteiger partial charge in [0.2, 0.25) is 5.91 Å². The van der Waals surface area contributed by atoms with Crippen LogP contribution in [0.5, 0.6) is 5.75 Å². The summed E-state index contributed by atoms with van der Waals surface area (Å²) in [7, 11) is 0. The summed E-state index contributed by atoms with van der Waals surface area (Å²) in [6.45, 7) is 17.7. The highest BCUT2D eigenvalue weighted by Gasteiger charge is 2.31. The number of carbonyl (C=O) groups excluding carboxylic acids is 1. The number of nitrogens with zero attached hydrogens (tertiary/aromatic N) is 6. The Labute approximate surface area is 292 Å². The first-order chi connectivity index (χ1) is 23.8. The van der Waals surface area contributed by atoms with Gasteiger partial charge >= 0.3 is 0 Å². The van der Waals surface area contributed by atoms with E-state index in [9.17, 15) is 9.59 Å². The third kappa shape index (κ3) is 9.37. The highest BCUT2D eigenvalue weighted by atomic mass is 16.5. The maximum Gasteiger partial charge on any atom is 0.278 e. The molecule has 1 aliphatic rings. The molecule has 1 N–H and O–H groups in total. The van der Waals surface area contributed by atoms with E-state index in [1.807, 2.05) is 42.5 Å². The lowest BCUT2D eigenvalue weighted by Gasteiger charge is -2.23. The first-order valence-electron chi connectivity index (χ1n) is 18.2. The van der Waals surface area contributed by atoms with Crippen LogP contribution >= 0.6 is 0 Å². The summed E-state index contributed by atoms with van der Waals surface area (Å²) in [6.07, 6.45) is 9.26. The molecule has 1 amide bonds. The second kappa shape index (κ2) is 18.3. The van der Waals surface area contributed by atoms with Gasteiger partial charge in [-0.25, -0.2) is 9.98 Å². The van der Waals surface area contributed by atoms with E-state index in [0.29, 0.717) is 53.2 Å². The number of rotatable bonds is 18. The maximum atomic E-state index is 13.9. The number of likely N-dealkylation sites (N-methyl/N-ethyl adjacent to an activating group) is 1. The molecule has 49 heavy (non-hydrogen) atoms. The van der Waals surface area contributed by atoms with Crippen molar-refractivity contribution in [3.63, 3.8) is 0 Å². The van der Waals surface area contributed by atoms with Gasteiger partial charge in [0.15, 0.2) is 17.4 Å². The molecule has 2 aromatic carbocycles. The highest BCUT2D eigenvalue weighted by molar-refractivity contribution is 6.48. The zero-order valence-electron chi connectivity index (χ0n) is 30.6. The van der Waals surface area contributed by atoms with Crippen LogP contribution in [-0.2, 0) is 4.79 Å². The Morgan fingerprint density at radius 3 is 2.20 bits per heavy atom. The van der Waals surface area contributed by atoms with Crippen LogP contribution in [-0.4, -0.2) is 64.8 Å². The van der Waals surface area contributed by atoms with Gasteiger partial charge in [-0.05, 0) is 83.0 Å². The molecule has 0 aliphatic carbocycles. The molecule has 1 aliphatic heterocycles. The minimum absolute atomic E-state index is 0.191. The van der Waals surface area contributed by atoms with Crippen LogP contribution in [0.2, 0.25) is 0 Å². The summed E-state index contributed by atoms with van der Waals surface area (Å²) in [5.74, 6) is 1.58. The Bertz CT molecular complexity index is 1670. The Morgan fingerprint density at radius 1 is 0.878 bits per heavy atom. The predicted molar refractivity (Wildman–Crippen MR) is 203 cm³/mol. The van der Waals surface area contributed by atoms with Crippen LogP contribution in [0.25, 0.3) is 11.3 Å². The van der Waals surface area contributed by atoms with Crippen LogP contribution in [0.15, 0.2) is 57.4 Å². The molecule has 0 saturated heterocycles. The van der Waals surface area contributed by atoms with Crippen molar-refractivity contribution in [3.05, 3.63) is 64.2 Å². The van der Waals surface area contributed by atoms with Crippen molar-refractivity contribution in [2.45, 2.75) is 99.8 Å². The molecular formula is C39H55N7O3. The smallest absolute Gasteiger partial charge is 0.278 e. The number of fused-ring (bicyclic) bond motifs is 1. The fourth-order valence-electron chi connectivity index (χ4n) is 6.04. The van der Waals surface area contributed by atoms with Crippen LogP contribution in [0.1, 0.15) is 104 Å². The number of aliphatic imine (C=N–C) groups is 1. The molecule has 0 bridgehead atoms. The van der Waals surface area contributed by atoms with Crippen LogP contribution in [0.4, 0.5) is 17.1 Å². The molecular weight excluding hydrogens is 614 g/mol.